The van der Waals surface area contributed by atoms with Crippen LogP contribution >= 0.6 is 0 Å². The van der Waals surface area contributed by atoms with E-state index >= 15 is 0 Å². The van der Waals surface area contributed by atoms with Gasteiger partial charge < -0.3 is 14.8 Å². The molecule has 1 amide bonds. The van der Waals surface area contributed by atoms with Gasteiger partial charge in [-0.3, -0.25) is 4.79 Å². The Hall–Kier alpha value is -1.64. The normalized spacial score (nSPS) is 12.7. The summed E-state index contributed by atoms with van der Waals surface area (Å²) < 4.78 is 36.8. The molecule has 0 saturated carbocycles. The molecule has 23 heavy (non-hydrogen) atoms. The van der Waals surface area contributed by atoms with Gasteiger partial charge in [-0.05, 0) is 38.1 Å². The van der Waals surface area contributed by atoms with Gasteiger partial charge in [-0.15, -0.1) is 0 Å². The molecule has 1 aromatic carbocycles. The molecule has 2 N–H and O–H groups in total. The molecule has 0 saturated heterocycles. The van der Waals surface area contributed by atoms with Gasteiger partial charge in [0.1, 0.15) is 5.75 Å². The predicted octanol–water partition coefficient (Wildman–Crippen LogP) is 0.905. The van der Waals surface area contributed by atoms with Crippen LogP contribution in [0.3, 0.4) is 0 Å². The van der Waals surface area contributed by atoms with Crippen LogP contribution < -0.4 is 14.8 Å². The summed E-state index contributed by atoms with van der Waals surface area (Å²) in [6.07, 6.45) is 0.0598. The van der Waals surface area contributed by atoms with E-state index < -0.39 is 10.0 Å². The number of hydrogen-bond donors (Lipinski definition) is 2. The number of carbonyl (C=O) groups is 1. The quantitative estimate of drug-likeness (QED) is 0.658. The summed E-state index contributed by atoms with van der Waals surface area (Å²) in [7, 11) is -2.09. The van der Waals surface area contributed by atoms with Gasteiger partial charge in [0.05, 0.1) is 18.1 Å². The third kappa shape index (κ3) is 6.98. The van der Waals surface area contributed by atoms with E-state index in [1.165, 1.54) is 12.1 Å². The largest absolute Gasteiger partial charge is 0.494 e. The van der Waals surface area contributed by atoms with Gasteiger partial charge in [-0.2, -0.15) is 0 Å². The van der Waals surface area contributed by atoms with Gasteiger partial charge >= 0.3 is 0 Å². The lowest BCUT2D eigenvalue weighted by Crippen LogP contribution is -2.37. The molecule has 0 fully saturated rings. The number of hydrogen-bond acceptors (Lipinski definition) is 5. The Bertz CT molecular complexity index is 586. The molecule has 130 valence electrons. The molecule has 0 aliphatic carbocycles. The van der Waals surface area contributed by atoms with Crippen LogP contribution in [0.1, 0.15) is 20.3 Å². The lowest BCUT2D eigenvalue weighted by atomic mass is 10.3. The van der Waals surface area contributed by atoms with Crippen LogP contribution in [0.25, 0.3) is 0 Å². The summed E-state index contributed by atoms with van der Waals surface area (Å²) in [5.41, 5.74) is 0. The monoisotopic (exact) mass is 344 g/mol. The van der Waals surface area contributed by atoms with E-state index in [0.717, 1.165) is 0 Å². The van der Waals surface area contributed by atoms with E-state index in [1.807, 2.05) is 13.8 Å². The van der Waals surface area contributed by atoms with E-state index in [4.69, 9.17) is 9.47 Å². The SMILES string of the molecule is CCOc1ccc(S(=O)(=O)NCCC(=O)NC(C)COC)cc1. The summed E-state index contributed by atoms with van der Waals surface area (Å²) in [4.78, 5) is 11.8. The van der Waals surface area contributed by atoms with Gasteiger partial charge in [0.2, 0.25) is 15.9 Å². The summed E-state index contributed by atoms with van der Waals surface area (Å²) in [5.74, 6) is 0.377. The van der Waals surface area contributed by atoms with E-state index in [-0.39, 0.29) is 29.8 Å². The number of sulfonamides is 1. The zero-order valence-corrected chi connectivity index (χ0v) is 14.5. The van der Waals surface area contributed by atoms with Crippen molar-refractivity contribution in [2.24, 2.45) is 0 Å². The molecule has 1 aromatic rings. The van der Waals surface area contributed by atoms with Gasteiger partial charge in [0.15, 0.2) is 0 Å². The van der Waals surface area contributed by atoms with Crippen LogP contribution in [-0.2, 0) is 19.6 Å². The second-order valence-corrected chi connectivity index (χ2v) is 6.74. The van der Waals surface area contributed by atoms with Crippen LogP contribution in [0.15, 0.2) is 29.2 Å². The first-order valence-electron chi connectivity index (χ1n) is 7.40. The van der Waals surface area contributed by atoms with Crippen molar-refractivity contribution in [2.45, 2.75) is 31.2 Å². The molecule has 1 unspecified atom stereocenters. The average molecular weight is 344 g/mol. The predicted molar refractivity (Wildman–Crippen MR) is 86.9 cm³/mol. The molecule has 0 radical (unpaired) electrons. The minimum atomic E-state index is -3.64. The molecule has 1 atom stereocenters. The summed E-state index contributed by atoms with van der Waals surface area (Å²) in [5, 5.41) is 2.71. The number of nitrogens with one attached hydrogen (secondary N) is 2. The molecular weight excluding hydrogens is 320 g/mol. The van der Waals surface area contributed by atoms with E-state index in [0.29, 0.717) is 19.0 Å². The summed E-state index contributed by atoms with van der Waals surface area (Å²) in [6.45, 7) is 4.61. The fourth-order valence-corrected chi connectivity index (χ4v) is 2.93. The van der Waals surface area contributed by atoms with Crippen LogP contribution in [0.4, 0.5) is 0 Å². The number of amides is 1. The highest BCUT2D eigenvalue weighted by Crippen LogP contribution is 2.15. The number of ether oxygens (including phenoxy) is 2. The molecular formula is C15H24N2O5S. The lowest BCUT2D eigenvalue weighted by molar-refractivity contribution is -0.121. The fourth-order valence-electron chi connectivity index (χ4n) is 1.90. The highest BCUT2D eigenvalue weighted by atomic mass is 32.2. The molecule has 0 aromatic heterocycles. The summed E-state index contributed by atoms with van der Waals surface area (Å²) in [6, 6.07) is 6.01. The van der Waals surface area contributed by atoms with Gasteiger partial charge in [-0.25, -0.2) is 13.1 Å². The number of carbonyl (C=O) groups excluding carboxylic acids is 1. The maximum Gasteiger partial charge on any atom is 0.240 e. The zero-order chi connectivity index (χ0) is 17.3. The average Bonchev–Trinajstić information content (AvgIpc) is 2.48. The van der Waals surface area contributed by atoms with E-state index in [1.54, 1.807) is 19.2 Å². The first-order valence-corrected chi connectivity index (χ1v) is 8.88. The smallest absolute Gasteiger partial charge is 0.240 e. The number of rotatable bonds is 10. The first-order chi connectivity index (χ1) is 10.9. The minimum Gasteiger partial charge on any atom is -0.494 e. The van der Waals surface area contributed by atoms with Crippen molar-refractivity contribution in [2.75, 3.05) is 26.9 Å². The minimum absolute atomic E-state index is 0.0288. The highest BCUT2D eigenvalue weighted by Gasteiger charge is 2.14. The summed E-state index contributed by atoms with van der Waals surface area (Å²) >= 11 is 0. The van der Waals surface area contributed by atoms with Crippen LogP contribution in [0.2, 0.25) is 0 Å². The first kappa shape index (κ1) is 19.4. The van der Waals surface area contributed by atoms with Crippen molar-refractivity contribution >= 4 is 15.9 Å². The molecule has 0 aliphatic heterocycles. The zero-order valence-electron chi connectivity index (χ0n) is 13.7. The molecule has 0 aliphatic rings. The van der Waals surface area contributed by atoms with Crippen molar-refractivity contribution in [3.63, 3.8) is 0 Å². The van der Waals surface area contributed by atoms with Crippen molar-refractivity contribution in [1.29, 1.82) is 0 Å². The van der Waals surface area contributed by atoms with Crippen molar-refractivity contribution in [3.05, 3.63) is 24.3 Å². The van der Waals surface area contributed by atoms with E-state index in [9.17, 15) is 13.2 Å². The second-order valence-electron chi connectivity index (χ2n) is 4.98. The Morgan fingerprint density at radius 1 is 1.26 bits per heavy atom. The fraction of sp³-hybridized carbons (Fsp3) is 0.533. The number of benzene rings is 1. The molecule has 1 rings (SSSR count). The van der Waals surface area contributed by atoms with Crippen molar-refractivity contribution < 1.29 is 22.7 Å². The lowest BCUT2D eigenvalue weighted by Gasteiger charge is -2.13. The molecule has 0 bridgehead atoms. The second kappa shape index (κ2) is 9.49. The number of methoxy groups -OCH3 is 1. The van der Waals surface area contributed by atoms with Gasteiger partial charge in [0.25, 0.3) is 0 Å². The Labute approximate surface area is 137 Å². The molecule has 7 nitrogen and oxygen atoms in total. The maximum absolute atomic E-state index is 12.1. The molecule has 0 spiro atoms. The molecule has 8 heteroatoms. The Morgan fingerprint density at radius 3 is 2.48 bits per heavy atom. The van der Waals surface area contributed by atoms with Gasteiger partial charge in [-0.1, -0.05) is 0 Å². The maximum atomic E-state index is 12.1. The van der Waals surface area contributed by atoms with Crippen molar-refractivity contribution in [1.82, 2.24) is 10.0 Å². The third-order valence-corrected chi connectivity index (χ3v) is 4.39. The van der Waals surface area contributed by atoms with Crippen LogP contribution in [-0.4, -0.2) is 47.2 Å². The Morgan fingerprint density at radius 2 is 1.91 bits per heavy atom. The van der Waals surface area contributed by atoms with E-state index in [2.05, 4.69) is 10.0 Å². The standard InChI is InChI=1S/C15H24N2O5S/c1-4-22-13-5-7-14(8-6-13)23(19,20)16-10-9-15(18)17-12(2)11-21-3/h5-8,12,16H,4,9-11H2,1-3H3,(H,17,18). The third-order valence-electron chi connectivity index (χ3n) is 2.91. The van der Waals surface area contributed by atoms with Gasteiger partial charge in [0, 0.05) is 26.1 Å². The topological polar surface area (TPSA) is 93.7 Å². The van der Waals surface area contributed by atoms with Crippen LogP contribution in [0, 0.1) is 0 Å². The highest BCUT2D eigenvalue weighted by molar-refractivity contribution is 7.89. The Kier molecular flexibility index (Phi) is 8.01. The van der Waals surface area contributed by atoms with Crippen LogP contribution in [0.5, 0.6) is 5.75 Å². The molecule has 0 heterocycles. The van der Waals surface area contributed by atoms with Crippen molar-refractivity contribution in [3.8, 4) is 5.75 Å². The Balaban J connectivity index is 2.47.